The van der Waals surface area contributed by atoms with Crippen LogP contribution in [0.1, 0.15) is 0 Å². The maximum atomic E-state index is 13.0. The van der Waals surface area contributed by atoms with E-state index in [-0.39, 0.29) is 5.56 Å². The lowest BCUT2D eigenvalue weighted by Crippen LogP contribution is -2.13. The van der Waals surface area contributed by atoms with Gasteiger partial charge in [-0.05, 0) is 30.3 Å². The molecule has 0 radical (unpaired) electrons. The minimum atomic E-state index is -0.0487. The van der Waals surface area contributed by atoms with Crippen molar-refractivity contribution in [3.63, 3.8) is 0 Å². The van der Waals surface area contributed by atoms with E-state index in [2.05, 4.69) is 4.98 Å². The lowest BCUT2D eigenvalue weighted by Gasteiger charge is -2.08. The Kier molecular flexibility index (Phi) is 1.96. The van der Waals surface area contributed by atoms with Crippen LogP contribution >= 0.6 is 0 Å². The third-order valence-corrected chi connectivity index (χ3v) is 4.31. The van der Waals surface area contributed by atoms with E-state index in [1.54, 1.807) is 4.40 Å². The van der Waals surface area contributed by atoms with E-state index in [0.29, 0.717) is 16.7 Å². The smallest absolute Gasteiger partial charge is 0.264 e. The maximum Gasteiger partial charge on any atom is 0.264 e. The molecule has 5 aromatic rings. The van der Waals surface area contributed by atoms with Crippen LogP contribution in [0, 0.1) is 0 Å². The molecule has 0 atom stereocenters. The SMILES string of the molecule is Nc1ccc2c3c1cccc3c(=O)n1c3ccccc3nc21. The summed E-state index contributed by atoms with van der Waals surface area (Å²) < 4.78 is 1.70. The Morgan fingerprint density at radius 2 is 1.68 bits per heavy atom. The van der Waals surface area contributed by atoms with Gasteiger partial charge in [-0.2, -0.15) is 0 Å². The molecule has 0 aliphatic rings. The number of aromatic nitrogens is 2. The van der Waals surface area contributed by atoms with Gasteiger partial charge in [-0.3, -0.25) is 9.20 Å². The number of anilines is 1. The fourth-order valence-corrected chi connectivity index (χ4v) is 3.33. The molecule has 22 heavy (non-hydrogen) atoms. The third-order valence-electron chi connectivity index (χ3n) is 4.31. The Bertz CT molecular complexity index is 1250. The second kappa shape index (κ2) is 3.74. The molecule has 0 unspecified atom stereocenters. The van der Waals surface area contributed by atoms with E-state index in [1.807, 2.05) is 54.6 Å². The average molecular weight is 285 g/mol. The Morgan fingerprint density at radius 3 is 2.59 bits per heavy atom. The van der Waals surface area contributed by atoms with Gasteiger partial charge in [0.1, 0.15) is 5.65 Å². The topological polar surface area (TPSA) is 60.4 Å². The van der Waals surface area contributed by atoms with Crippen LogP contribution in [0.25, 0.3) is 38.2 Å². The highest BCUT2D eigenvalue weighted by atomic mass is 16.1. The number of imidazole rings is 1. The molecule has 2 aromatic heterocycles. The molecule has 104 valence electrons. The number of nitrogen functional groups attached to an aromatic ring is 1. The van der Waals surface area contributed by atoms with Crippen molar-refractivity contribution >= 4 is 43.9 Å². The van der Waals surface area contributed by atoms with Crippen LogP contribution in [0.2, 0.25) is 0 Å². The normalized spacial score (nSPS) is 12.0. The molecule has 0 aliphatic carbocycles. The van der Waals surface area contributed by atoms with Crippen LogP contribution < -0.4 is 11.3 Å². The van der Waals surface area contributed by atoms with Gasteiger partial charge in [-0.25, -0.2) is 4.98 Å². The zero-order valence-electron chi connectivity index (χ0n) is 11.6. The van der Waals surface area contributed by atoms with Gasteiger partial charge < -0.3 is 5.73 Å². The standard InChI is InChI=1S/C18H11N3O/c19-13-9-8-11-16-10(13)4-3-5-12(16)18(22)21-15-7-2-1-6-14(15)20-17(11)21/h1-9H,19H2. The summed E-state index contributed by atoms with van der Waals surface area (Å²) in [6.07, 6.45) is 0. The van der Waals surface area contributed by atoms with Gasteiger partial charge in [0.05, 0.1) is 11.0 Å². The van der Waals surface area contributed by atoms with Crippen molar-refractivity contribution in [1.82, 2.24) is 9.38 Å². The van der Waals surface area contributed by atoms with Crippen molar-refractivity contribution in [1.29, 1.82) is 0 Å². The second-order valence-electron chi connectivity index (χ2n) is 5.50. The number of para-hydroxylation sites is 2. The quantitative estimate of drug-likeness (QED) is 0.444. The molecule has 4 heteroatoms. The molecule has 0 bridgehead atoms. The highest BCUT2D eigenvalue weighted by Gasteiger charge is 2.16. The first-order chi connectivity index (χ1) is 10.8. The number of nitrogens with zero attached hydrogens (tertiary/aromatic N) is 2. The number of nitrogens with two attached hydrogens (primary N) is 1. The van der Waals surface area contributed by atoms with E-state index in [1.165, 1.54) is 0 Å². The molecule has 5 rings (SSSR count). The van der Waals surface area contributed by atoms with Crippen LogP contribution in [0.4, 0.5) is 5.69 Å². The molecule has 2 heterocycles. The molecular weight excluding hydrogens is 274 g/mol. The lowest BCUT2D eigenvalue weighted by molar-refractivity contribution is 1.19. The minimum absolute atomic E-state index is 0.0487. The first-order valence-corrected chi connectivity index (χ1v) is 7.09. The number of fused-ring (bicyclic) bond motifs is 4. The molecule has 2 N–H and O–H groups in total. The van der Waals surface area contributed by atoms with Crippen molar-refractivity contribution in [2.45, 2.75) is 0 Å². The van der Waals surface area contributed by atoms with Crippen LogP contribution in [-0.4, -0.2) is 9.38 Å². The third kappa shape index (κ3) is 1.22. The van der Waals surface area contributed by atoms with Crippen molar-refractivity contribution < 1.29 is 0 Å². The van der Waals surface area contributed by atoms with Crippen LogP contribution in [-0.2, 0) is 0 Å². The summed E-state index contributed by atoms with van der Waals surface area (Å²) in [5.41, 5.74) is 9.05. The van der Waals surface area contributed by atoms with E-state index < -0.39 is 0 Å². The van der Waals surface area contributed by atoms with E-state index in [9.17, 15) is 4.79 Å². The summed E-state index contributed by atoms with van der Waals surface area (Å²) in [6, 6.07) is 17.2. The molecule has 0 spiro atoms. The maximum absolute atomic E-state index is 13.0. The Balaban J connectivity index is 2.25. The lowest BCUT2D eigenvalue weighted by atomic mass is 10.0. The van der Waals surface area contributed by atoms with E-state index in [4.69, 9.17) is 5.73 Å². The molecular formula is C18H11N3O. The molecule has 0 fully saturated rings. The molecule has 0 saturated heterocycles. The fourth-order valence-electron chi connectivity index (χ4n) is 3.33. The molecule has 3 aromatic carbocycles. The Hall–Kier alpha value is -3.14. The molecule has 0 amide bonds. The first kappa shape index (κ1) is 11.5. The van der Waals surface area contributed by atoms with Crippen molar-refractivity contribution in [3.05, 3.63) is 65.0 Å². The van der Waals surface area contributed by atoms with Gasteiger partial charge in [0.2, 0.25) is 0 Å². The fraction of sp³-hybridized carbons (Fsp3) is 0. The van der Waals surface area contributed by atoms with Gasteiger partial charge in [-0.1, -0.05) is 24.3 Å². The first-order valence-electron chi connectivity index (χ1n) is 7.09. The zero-order valence-corrected chi connectivity index (χ0v) is 11.6. The summed E-state index contributed by atoms with van der Waals surface area (Å²) in [7, 11) is 0. The zero-order chi connectivity index (χ0) is 14.8. The van der Waals surface area contributed by atoms with E-state index in [0.717, 1.165) is 27.2 Å². The number of hydrogen-bond donors (Lipinski definition) is 1. The summed E-state index contributed by atoms with van der Waals surface area (Å²) >= 11 is 0. The molecule has 0 aliphatic heterocycles. The minimum Gasteiger partial charge on any atom is -0.398 e. The number of pyridine rings is 1. The second-order valence-corrected chi connectivity index (χ2v) is 5.50. The molecule has 0 saturated carbocycles. The van der Waals surface area contributed by atoms with Crippen LogP contribution in [0.3, 0.4) is 0 Å². The van der Waals surface area contributed by atoms with Crippen molar-refractivity contribution in [2.24, 2.45) is 0 Å². The monoisotopic (exact) mass is 285 g/mol. The van der Waals surface area contributed by atoms with Gasteiger partial charge >= 0.3 is 0 Å². The number of benzene rings is 3. The Morgan fingerprint density at radius 1 is 0.864 bits per heavy atom. The largest absolute Gasteiger partial charge is 0.398 e. The predicted octanol–water partition coefficient (Wildman–Crippen LogP) is 3.17. The van der Waals surface area contributed by atoms with Crippen molar-refractivity contribution in [3.8, 4) is 0 Å². The van der Waals surface area contributed by atoms with Gasteiger partial charge in [-0.15, -0.1) is 0 Å². The molecule has 4 nitrogen and oxygen atoms in total. The van der Waals surface area contributed by atoms with Crippen LogP contribution in [0.15, 0.2) is 59.4 Å². The van der Waals surface area contributed by atoms with Crippen LogP contribution in [0.5, 0.6) is 0 Å². The summed E-state index contributed by atoms with van der Waals surface area (Å²) in [5.74, 6) is 0. The highest BCUT2D eigenvalue weighted by molar-refractivity contribution is 6.18. The summed E-state index contributed by atoms with van der Waals surface area (Å²) in [4.78, 5) is 17.6. The van der Waals surface area contributed by atoms with E-state index >= 15 is 0 Å². The summed E-state index contributed by atoms with van der Waals surface area (Å²) in [6.45, 7) is 0. The summed E-state index contributed by atoms with van der Waals surface area (Å²) in [5, 5.41) is 3.43. The van der Waals surface area contributed by atoms with Gasteiger partial charge in [0, 0.05) is 27.2 Å². The Labute approximate surface area is 124 Å². The average Bonchev–Trinajstić information content (AvgIpc) is 2.93. The highest BCUT2D eigenvalue weighted by Crippen LogP contribution is 2.32. The number of rotatable bonds is 0. The van der Waals surface area contributed by atoms with Crippen molar-refractivity contribution in [2.75, 3.05) is 5.73 Å². The van der Waals surface area contributed by atoms with Gasteiger partial charge in [0.25, 0.3) is 5.56 Å². The number of hydrogen-bond acceptors (Lipinski definition) is 3. The predicted molar refractivity (Wildman–Crippen MR) is 89.6 cm³/mol. The van der Waals surface area contributed by atoms with Gasteiger partial charge in [0.15, 0.2) is 0 Å².